The van der Waals surface area contributed by atoms with E-state index in [1.165, 1.54) is 11.1 Å². The zero-order valence-corrected chi connectivity index (χ0v) is 13.2. The molecule has 0 saturated carbocycles. The molecule has 110 valence electrons. The highest BCUT2D eigenvalue weighted by molar-refractivity contribution is 7.99. The Labute approximate surface area is 125 Å². The smallest absolute Gasteiger partial charge is 0.232 e. The number of rotatable bonds is 5. The van der Waals surface area contributed by atoms with E-state index in [1.807, 2.05) is 4.90 Å². The molecule has 2 unspecified atom stereocenters. The predicted octanol–water partition coefficient (Wildman–Crippen LogP) is 2.42. The van der Waals surface area contributed by atoms with Crippen molar-refractivity contribution in [2.45, 2.75) is 32.1 Å². The van der Waals surface area contributed by atoms with Crippen molar-refractivity contribution in [3.63, 3.8) is 0 Å². The molecule has 0 spiro atoms. The number of benzene rings is 1. The molecule has 2 N–H and O–H groups in total. The van der Waals surface area contributed by atoms with Crippen LogP contribution in [0.1, 0.15) is 24.5 Å². The molecular weight excluding hydrogens is 268 g/mol. The van der Waals surface area contributed by atoms with Crippen LogP contribution in [0.2, 0.25) is 0 Å². The summed E-state index contributed by atoms with van der Waals surface area (Å²) in [5.74, 6) is 2.20. The fraction of sp³-hybridized carbons (Fsp3) is 0.562. The first-order valence-corrected chi connectivity index (χ1v) is 8.38. The second kappa shape index (κ2) is 7.14. The molecule has 1 aliphatic heterocycles. The van der Waals surface area contributed by atoms with Crippen LogP contribution in [0, 0.1) is 12.8 Å². The molecule has 0 aliphatic carbocycles. The third-order valence-electron chi connectivity index (χ3n) is 3.93. The van der Waals surface area contributed by atoms with Crippen LogP contribution in [0.5, 0.6) is 0 Å². The topological polar surface area (TPSA) is 46.3 Å². The van der Waals surface area contributed by atoms with Gasteiger partial charge in [-0.3, -0.25) is 4.79 Å². The van der Waals surface area contributed by atoms with E-state index in [0.29, 0.717) is 24.3 Å². The van der Waals surface area contributed by atoms with Crippen LogP contribution < -0.4 is 5.73 Å². The van der Waals surface area contributed by atoms with Gasteiger partial charge in [-0.25, -0.2) is 0 Å². The second-order valence-corrected chi connectivity index (χ2v) is 6.70. The minimum absolute atomic E-state index is 0.255. The first-order chi connectivity index (χ1) is 9.60. The Kier molecular flexibility index (Phi) is 5.49. The van der Waals surface area contributed by atoms with Gasteiger partial charge in [0.1, 0.15) is 0 Å². The molecule has 1 aromatic rings. The Bertz CT molecular complexity index is 446. The average molecular weight is 292 g/mol. The number of carbonyl (C=O) groups is 1. The molecule has 1 saturated heterocycles. The molecule has 1 amide bonds. The zero-order chi connectivity index (χ0) is 14.5. The van der Waals surface area contributed by atoms with Gasteiger partial charge < -0.3 is 10.6 Å². The largest absolute Gasteiger partial charge is 0.339 e. The lowest BCUT2D eigenvalue weighted by Gasteiger charge is -2.21. The molecule has 4 heteroatoms. The molecule has 0 aromatic heterocycles. The molecule has 1 aliphatic rings. The molecule has 0 radical (unpaired) electrons. The Morgan fingerprint density at radius 2 is 2.10 bits per heavy atom. The molecular formula is C16H24N2OS. The SMILES string of the molecule is Cc1ccc(CSCC(=O)N2CC(CN)CC2C)cc1. The molecule has 1 aromatic carbocycles. The van der Waals surface area contributed by atoms with Crippen molar-refractivity contribution >= 4 is 17.7 Å². The maximum absolute atomic E-state index is 12.2. The minimum atomic E-state index is 0.255. The number of likely N-dealkylation sites (tertiary alicyclic amines) is 1. The molecule has 20 heavy (non-hydrogen) atoms. The number of nitrogens with zero attached hydrogens (tertiary/aromatic N) is 1. The number of hydrogen-bond donors (Lipinski definition) is 1. The third-order valence-corrected chi connectivity index (χ3v) is 4.92. The zero-order valence-electron chi connectivity index (χ0n) is 12.3. The lowest BCUT2D eigenvalue weighted by atomic mass is 10.1. The summed E-state index contributed by atoms with van der Waals surface area (Å²) in [7, 11) is 0. The van der Waals surface area contributed by atoms with Crippen LogP contribution in [0.15, 0.2) is 24.3 Å². The van der Waals surface area contributed by atoms with Gasteiger partial charge in [-0.15, -0.1) is 11.8 Å². The monoisotopic (exact) mass is 292 g/mol. The second-order valence-electron chi connectivity index (χ2n) is 5.71. The van der Waals surface area contributed by atoms with Gasteiger partial charge >= 0.3 is 0 Å². The van der Waals surface area contributed by atoms with Gasteiger partial charge in [0.15, 0.2) is 0 Å². The normalized spacial score (nSPS) is 22.2. The van der Waals surface area contributed by atoms with Gasteiger partial charge in [-0.1, -0.05) is 29.8 Å². The fourth-order valence-corrected chi connectivity index (χ4v) is 3.55. The quantitative estimate of drug-likeness (QED) is 0.906. The van der Waals surface area contributed by atoms with E-state index in [2.05, 4.69) is 38.1 Å². The van der Waals surface area contributed by atoms with Crippen molar-refractivity contribution < 1.29 is 4.79 Å². The average Bonchev–Trinajstić information content (AvgIpc) is 2.82. The van der Waals surface area contributed by atoms with Gasteiger partial charge in [0, 0.05) is 18.3 Å². The van der Waals surface area contributed by atoms with Crippen LogP contribution in [0.4, 0.5) is 0 Å². The summed E-state index contributed by atoms with van der Waals surface area (Å²) in [6.07, 6.45) is 1.05. The number of thioether (sulfide) groups is 1. The van der Waals surface area contributed by atoms with E-state index in [4.69, 9.17) is 5.73 Å². The molecule has 3 nitrogen and oxygen atoms in total. The lowest BCUT2D eigenvalue weighted by Crippen LogP contribution is -2.35. The van der Waals surface area contributed by atoms with Crippen molar-refractivity contribution in [1.82, 2.24) is 4.90 Å². The van der Waals surface area contributed by atoms with Gasteiger partial charge in [-0.2, -0.15) is 0 Å². The summed E-state index contributed by atoms with van der Waals surface area (Å²) in [5, 5.41) is 0. The Balaban J connectivity index is 1.76. The summed E-state index contributed by atoms with van der Waals surface area (Å²) in [5.41, 5.74) is 8.26. The summed E-state index contributed by atoms with van der Waals surface area (Å²) in [6, 6.07) is 8.85. The molecule has 0 bridgehead atoms. The van der Waals surface area contributed by atoms with E-state index in [0.717, 1.165) is 18.7 Å². The highest BCUT2D eigenvalue weighted by atomic mass is 32.2. The van der Waals surface area contributed by atoms with Crippen LogP contribution in [-0.4, -0.2) is 35.7 Å². The number of amides is 1. The van der Waals surface area contributed by atoms with E-state index < -0.39 is 0 Å². The Hall–Kier alpha value is -1.00. The van der Waals surface area contributed by atoms with Crippen molar-refractivity contribution in [1.29, 1.82) is 0 Å². The minimum Gasteiger partial charge on any atom is -0.339 e. The molecule has 1 fully saturated rings. The first-order valence-electron chi connectivity index (χ1n) is 7.23. The summed E-state index contributed by atoms with van der Waals surface area (Å²) >= 11 is 1.70. The predicted molar refractivity (Wildman–Crippen MR) is 85.7 cm³/mol. The van der Waals surface area contributed by atoms with Crippen molar-refractivity contribution in [3.8, 4) is 0 Å². The van der Waals surface area contributed by atoms with Crippen LogP contribution in [0.3, 0.4) is 0 Å². The van der Waals surface area contributed by atoms with Crippen molar-refractivity contribution in [2.24, 2.45) is 11.7 Å². The summed E-state index contributed by atoms with van der Waals surface area (Å²) in [4.78, 5) is 14.2. The fourth-order valence-electron chi connectivity index (χ4n) is 2.68. The van der Waals surface area contributed by atoms with E-state index in [1.54, 1.807) is 11.8 Å². The van der Waals surface area contributed by atoms with Gasteiger partial charge in [0.05, 0.1) is 5.75 Å². The van der Waals surface area contributed by atoms with E-state index in [9.17, 15) is 4.79 Å². The number of carbonyl (C=O) groups excluding carboxylic acids is 1. The highest BCUT2D eigenvalue weighted by Gasteiger charge is 2.31. The molecule has 2 rings (SSSR count). The molecule has 2 atom stereocenters. The molecule has 1 heterocycles. The van der Waals surface area contributed by atoms with Gasteiger partial charge in [0.2, 0.25) is 5.91 Å². The third kappa shape index (κ3) is 4.00. The van der Waals surface area contributed by atoms with E-state index in [-0.39, 0.29) is 5.91 Å². The van der Waals surface area contributed by atoms with Crippen molar-refractivity contribution in [3.05, 3.63) is 35.4 Å². The maximum Gasteiger partial charge on any atom is 0.232 e. The first kappa shape index (κ1) is 15.4. The van der Waals surface area contributed by atoms with Gasteiger partial charge in [-0.05, 0) is 38.3 Å². The van der Waals surface area contributed by atoms with Crippen LogP contribution in [0.25, 0.3) is 0 Å². The van der Waals surface area contributed by atoms with Crippen LogP contribution in [-0.2, 0) is 10.5 Å². The number of nitrogens with two attached hydrogens (primary N) is 1. The van der Waals surface area contributed by atoms with Gasteiger partial charge in [0.25, 0.3) is 0 Å². The maximum atomic E-state index is 12.2. The van der Waals surface area contributed by atoms with Crippen LogP contribution >= 0.6 is 11.8 Å². The number of hydrogen-bond acceptors (Lipinski definition) is 3. The number of aryl methyl sites for hydroxylation is 1. The highest BCUT2D eigenvalue weighted by Crippen LogP contribution is 2.23. The Morgan fingerprint density at radius 1 is 1.40 bits per heavy atom. The summed E-state index contributed by atoms with van der Waals surface area (Å²) in [6.45, 7) is 5.73. The van der Waals surface area contributed by atoms with Crippen molar-refractivity contribution in [2.75, 3.05) is 18.8 Å². The Morgan fingerprint density at radius 3 is 2.70 bits per heavy atom. The summed E-state index contributed by atoms with van der Waals surface area (Å²) < 4.78 is 0. The standard InChI is InChI=1S/C16H24N2OS/c1-12-3-5-14(6-4-12)10-20-11-16(19)18-9-15(8-17)7-13(18)2/h3-6,13,15H,7-11,17H2,1-2H3. The van der Waals surface area contributed by atoms with E-state index >= 15 is 0 Å². The lowest BCUT2D eigenvalue weighted by molar-refractivity contribution is -0.128.